The minimum atomic E-state index is -0.873. The molecule has 0 aliphatic rings. The van der Waals surface area contributed by atoms with E-state index >= 15 is 0 Å². The van der Waals surface area contributed by atoms with Gasteiger partial charge >= 0.3 is 0 Å². The molecule has 1 rings (SSSR count). The molecule has 0 spiro atoms. The Morgan fingerprint density at radius 3 is 2.45 bits per heavy atom. The highest BCUT2D eigenvalue weighted by Crippen LogP contribution is 2.22. The second-order valence-corrected chi connectivity index (χ2v) is 5.68. The second-order valence-electron chi connectivity index (χ2n) is 5.68. The number of hydrogen-bond acceptors (Lipinski definition) is 2. The van der Waals surface area contributed by atoms with Crippen LogP contribution in [0.5, 0.6) is 0 Å². The number of carbonyl (C=O) groups excluding carboxylic acids is 1. The van der Waals surface area contributed by atoms with Crippen LogP contribution in [-0.4, -0.2) is 34.6 Å². The van der Waals surface area contributed by atoms with Gasteiger partial charge in [0.15, 0.2) is 0 Å². The van der Waals surface area contributed by atoms with Crippen molar-refractivity contribution in [3.05, 3.63) is 48.6 Å². The highest BCUT2D eigenvalue weighted by molar-refractivity contribution is 5.77. The van der Waals surface area contributed by atoms with Gasteiger partial charge in [-0.25, -0.2) is 0 Å². The van der Waals surface area contributed by atoms with E-state index in [1.165, 1.54) is 0 Å². The first-order valence-corrected chi connectivity index (χ1v) is 7.05. The molecule has 3 nitrogen and oxygen atoms in total. The van der Waals surface area contributed by atoms with Crippen LogP contribution in [0, 0.1) is 0 Å². The van der Waals surface area contributed by atoms with Crippen LogP contribution in [0.3, 0.4) is 0 Å². The topological polar surface area (TPSA) is 40.5 Å². The molecular formula is C17H25NO2. The number of rotatable bonds is 7. The largest absolute Gasteiger partial charge is 0.389 e. The monoisotopic (exact) mass is 275 g/mol. The molecular weight excluding hydrogens is 250 g/mol. The standard InChI is InChI=1S/C17H25NO2/c1-5-14(15-10-8-7-9-11-15)12-16(19)18(6-2)13-17(3,4)20/h5,7-11,14,20H,1,6,12-13H2,2-4H3. The van der Waals surface area contributed by atoms with E-state index in [4.69, 9.17) is 0 Å². The van der Waals surface area contributed by atoms with Gasteiger partial charge in [0.05, 0.1) is 5.60 Å². The van der Waals surface area contributed by atoms with Crippen LogP contribution >= 0.6 is 0 Å². The van der Waals surface area contributed by atoms with Gasteiger partial charge in [0.2, 0.25) is 5.91 Å². The summed E-state index contributed by atoms with van der Waals surface area (Å²) in [6, 6.07) is 9.89. The van der Waals surface area contributed by atoms with Crippen molar-refractivity contribution in [1.29, 1.82) is 0 Å². The Morgan fingerprint density at radius 1 is 1.40 bits per heavy atom. The molecule has 20 heavy (non-hydrogen) atoms. The number of amides is 1. The first-order valence-electron chi connectivity index (χ1n) is 7.05. The van der Waals surface area contributed by atoms with Crippen molar-refractivity contribution in [2.45, 2.75) is 38.7 Å². The summed E-state index contributed by atoms with van der Waals surface area (Å²) >= 11 is 0. The molecule has 0 saturated heterocycles. The summed E-state index contributed by atoms with van der Waals surface area (Å²) in [4.78, 5) is 14.1. The van der Waals surface area contributed by atoms with E-state index in [2.05, 4.69) is 6.58 Å². The molecule has 0 fully saturated rings. The van der Waals surface area contributed by atoms with Crippen LogP contribution in [0.25, 0.3) is 0 Å². The maximum absolute atomic E-state index is 12.4. The average molecular weight is 275 g/mol. The second kappa shape index (κ2) is 7.25. The van der Waals surface area contributed by atoms with Crippen LogP contribution in [-0.2, 0) is 4.79 Å². The SMILES string of the molecule is C=CC(CC(=O)N(CC)CC(C)(C)O)c1ccccc1. The van der Waals surface area contributed by atoms with Crippen LogP contribution in [0.15, 0.2) is 43.0 Å². The third-order valence-electron chi connectivity index (χ3n) is 3.22. The van der Waals surface area contributed by atoms with Gasteiger partial charge in [0.25, 0.3) is 0 Å². The summed E-state index contributed by atoms with van der Waals surface area (Å²) in [7, 11) is 0. The molecule has 1 amide bonds. The fourth-order valence-corrected chi connectivity index (χ4v) is 2.20. The normalized spacial score (nSPS) is 12.8. The minimum Gasteiger partial charge on any atom is -0.389 e. The summed E-state index contributed by atoms with van der Waals surface area (Å²) in [5.41, 5.74) is 0.220. The molecule has 110 valence electrons. The van der Waals surface area contributed by atoms with E-state index < -0.39 is 5.60 Å². The summed E-state index contributed by atoms with van der Waals surface area (Å²) < 4.78 is 0. The van der Waals surface area contributed by atoms with Gasteiger partial charge < -0.3 is 10.0 Å². The van der Waals surface area contributed by atoms with Crippen molar-refractivity contribution in [3.8, 4) is 0 Å². The molecule has 0 heterocycles. The molecule has 0 aliphatic heterocycles. The van der Waals surface area contributed by atoms with E-state index in [-0.39, 0.29) is 11.8 Å². The summed E-state index contributed by atoms with van der Waals surface area (Å²) in [5, 5.41) is 9.86. The van der Waals surface area contributed by atoms with Crippen molar-refractivity contribution >= 4 is 5.91 Å². The number of carbonyl (C=O) groups is 1. The Morgan fingerprint density at radius 2 is 2.00 bits per heavy atom. The van der Waals surface area contributed by atoms with Crippen LogP contribution in [0.4, 0.5) is 0 Å². The predicted octanol–water partition coefficient (Wildman–Crippen LogP) is 2.97. The maximum atomic E-state index is 12.4. The number of nitrogens with zero attached hydrogens (tertiary/aromatic N) is 1. The van der Waals surface area contributed by atoms with Gasteiger partial charge in [-0.1, -0.05) is 36.4 Å². The van der Waals surface area contributed by atoms with E-state index in [1.807, 2.05) is 43.3 Å². The van der Waals surface area contributed by atoms with Crippen molar-refractivity contribution in [2.75, 3.05) is 13.1 Å². The van der Waals surface area contributed by atoms with Gasteiger partial charge in [0.1, 0.15) is 0 Å². The lowest BCUT2D eigenvalue weighted by Gasteiger charge is -2.29. The minimum absolute atomic E-state index is 0.0135. The number of aliphatic hydroxyl groups is 1. The molecule has 0 aromatic heterocycles. The third kappa shape index (κ3) is 5.17. The third-order valence-corrected chi connectivity index (χ3v) is 3.22. The summed E-state index contributed by atoms with van der Waals surface area (Å²) in [6.07, 6.45) is 2.20. The Balaban J connectivity index is 2.74. The smallest absolute Gasteiger partial charge is 0.223 e. The summed E-state index contributed by atoms with van der Waals surface area (Å²) in [6.45, 7) is 10.1. The lowest BCUT2D eigenvalue weighted by atomic mass is 9.95. The number of allylic oxidation sites excluding steroid dienone is 1. The Hall–Kier alpha value is -1.61. The van der Waals surface area contributed by atoms with Crippen molar-refractivity contribution in [2.24, 2.45) is 0 Å². The van der Waals surface area contributed by atoms with Crippen molar-refractivity contribution in [1.82, 2.24) is 4.90 Å². The molecule has 0 bridgehead atoms. The lowest BCUT2D eigenvalue weighted by molar-refractivity contribution is -0.134. The highest BCUT2D eigenvalue weighted by atomic mass is 16.3. The predicted molar refractivity (Wildman–Crippen MR) is 82.5 cm³/mol. The van der Waals surface area contributed by atoms with Crippen molar-refractivity contribution < 1.29 is 9.90 Å². The highest BCUT2D eigenvalue weighted by Gasteiger charge is 2.23. The van der Waals surface area contributed by atoms with E-state index in [9.17, 15) is 9.90 Å². The van der Waals surface area contributed by atoms with Gasteiger partial charge in [-0.15, -0.1) is 6.58 Å². The van der Waals surface area contributed by atoms with Gasteiger partial charge in [-0.3, -0.25) is 4.79 Å². The van der Waals surface area contributed by atoms with Gasteiger partial charge in [0, 0.05) is 25.4 Å². The first kappa shape index (κ1) is 16.4. The van der Waals surface area contributed by atoms with Crippen LogP contribution in [0.2, 0.25) is 0 Å². The quantitative estimate of drug-likeness (QED) is 0.777. The molecule has 0 radical (unpaired) electrons. The molecule has 1 N–H and O–H groups in total. The fraction of sp³-hybridized carbons (Fsp3) is 0.471. The number of hydrogen-bond donors (Lipinski definition) is 1. The molecule has 0 saturated carbocycles. The zero-order valence-corrected chi connectivity index (χ0v) is 12.7. The average Bonchev–Trinajstić information content (AvgIpc) is 2.41. The zero-order chi connectivity index (χ0) is 15.2. The lowest BCUT2D eigenvalue weighted by Crippen LogP contribution is -2.42. The first-order chi connectivity index (χ1) is 9.37. The maximum Gasteiger partial charge on any atom is 0.223 e. The molecule has 1 atom stereocenters. The van der Waals surface area contributed by atoms with Gasteiger partial charge in [-0.05, 0) is 26.3 Å². The van der Waals surface area contributed by atoms with Crippen molar-refractivity contribution in [3.63, 3.8) is 0 Å². The fourth-order valence-electron chi connectivity index (χ4n) is 2.20. The molecule has 1 unspecified atom stereocenters. The Bertz CT molecular complexity index is 434. The van der Waals surface area contributed by atoms with Crippen LogP contribution in [0.1, 0.15) is 38.7 Å². The van der Waals surface area contributed by atoms with Crippen LogP contribution < -0.4 is 0 Å². The molecule has 3 heteroatoms. The molecule has 1 aromatic rings. The summed E-state index contributed by atoms with van der Waals surface area (Å²) in [5.74, 6) is 0.0583. The van der Waals surface area contributed by atoms with E-state index in [1.54, 1.807) is 18.7 Å². The number of benzene rings is 1. The zero-order valence-electron chi connectivity index (χ0n) is 12.7. The number of likely N-dealkylation sites (N-methyl/N-ethyl adjacent to an activating group) is 1. The Labute approximate surface area is 121 Å². The van der Waals surface area contributed by atoms with E-state index in [0.29, 0.717) is 19.5 Å². The molecule has 1 aromatic carbocycles. The molecule has 0 aliphatic carbocycles. The Kier molecular flexibility index (Phi) is 5.96. The van der Waals surface area contributed by atoms with Gasteiger partial charge in [-0.2, -0.15) is 0 Å². The van der Waals surface area contributed by atoms with E-state index in [0.717, 1.165) is 5.56 Å².